The molecule has 25 heavy (non-hydrogen) atoms. The first-order chi connectivity index (χ1) is 12.3. The molecule has 0 bridgehead atoms. The largest absolute Gasteiger partial charge is 0.458 e. The Morgan fingerprint density at radius 1 is 1.08 bits per heavy atom. The summed E-state index contributed by atoms with van der Waals surface area (Å²) in [5, 5.41) is 9.38. The lowest BCUT2D eigenvalue weighted by Crippen LogP contribution is -2.05. The van der Waals surface area contributed by atoms with E-state index in [4.69, 9.17) is 4.74 Å². The highest BCUT2D eigenvalue weighted by Gasteiger charge is 2.13. The average molecular weight is 328 g/mol. The quantitative estimate of drug-likeness (QED) is 0.572. The molecule has 4 rings (SSSR count). The van der Waals surface area contributed by atoms with E-state index in [9.17, 15) is 5.26 Å². The van der Waals surface area contributed by atoms with Gasteiger partial charge in [-0.1, -0.05) is 18.2 Å². The molecule has 0 atom stereocenters. The Morgan fingerprint density at radius 2 is 2.00 bits per heavy atom. The van der Waals surface area contributed by atoms with Crippen LogP contribution in [0.2, 0.25) is 0 Å². The Morgan fingerprint density at radius 3 is 2.84 bits per heavy atom. The zero-order valence-electron chi connectivity index (χ0n) is 13.1. The summed E-state index contributed by atoms with van der Waals surface area (Å²) in [4.78, 5) is 16.9. The molecular weight excluding hydrogens is 316 g/mol. The highest BCUT2D eigenvalue weighted by molar-refractivity contribution is 5.77. The highest BCUT2D eigenvalue weighted by Crippen LogP contribution is 2.20. The molecule has 7 nitrogen and oxygen atoms in total. The summed E-state index contributed by atoms with van der Waals surface area (Å²) in [6.07, 6.45) is 6.51. The minimum Gasteiger partial charge on any atom is -0.458 e. The van der Waals surface area contributed by atoms with Crippen molar-refractivity contribution in [3.05, 3.63) is 72.4 Å². The van der Waals surface area contributed by atoms with Gasteiger partial charge in [0, 0.05) is 18.0 Å². The number of benzene rings is 1. The summed E-state index contributed by atoms with van der Waals surface area (Å²) in [6.45, 7) is 0.295. The maximum Gasteiger partial charge on any atom is 0.318 e. The second-order valence-corrected chi connectivity index (χ2v) is 5.25. The number of rotatable bonds is 4. The van der Waals surface area contributed by atoms with Crippen LogP contribution in [0.1, 0.15) is 11.1 Å². The molecule has 4 aromatic rings. The fourth-order valence-electron chi connectivity index (χ4n) is 2.45. The topological polar surface area (TPSA) is 89.5 Å². The molecule has 7 heteroatoms. The second kappa shape index (κ2) is 6.37. The molecule has 0 amide bonds. The van der Waals surface area contributed by atoms with Crippen LogP contribution in [-0.4, -0.2) is 24.5 Å². The highest BCUT2D eigenvalue weighted by atomic mass is 16.5. The van der Waals surface area contributed by atoms with E-state index in [1.54, 1.807) is 23.3 Å². The SMILES string of the molecule is N#Cc1cnc(OCc2cccnc2)nc1-n1cnc2ccccc21. The summed E-state index contributed by atoms with van der Waals surface area (Å²) in [5.41, 5.74) is 2.93. The van der Waals surface area contributed by atoms with Crippen molar-refractivity contribution in [1.29, 1.82) is 5.26 Å². The average Bonchev–Trinajstić information content (AvgIpc) is 3.11. The van der Waals surface area contributed by atoms with Crippen molar-refractivity contribution in [3.63, 3.8) is 0 Å². The number of fused-ring (bicyclic) bond motifs is 1. The fourth-order valence-corrected chi connectivity index (χ4v) is 2.45. The van der Waals surface area contributed by atoms with Gasteiger partial charge in [-0.25, -0.2) is 9.97 Å². The number of hydrogen-bond acceptors (Lipinski definition) is 6. The molecule has 1 aromatic carbocycles. The van der Waals surface area contributed by atoms with E-state index < -0.39 is 0 Å². The van der Waals surface area contributed by atoms with Gasteiger partial charge in [-0.3, -0.25) is 9.55 Å². The van der Waals surface area contributed by atoms with E-state index in [-0.39, 0.29) is 6.01 Å². The van der Waals surface area contributed by atoms with Crippen LogP contribution in [0.4, 0.5) is 0 Å². The molecule has 120 valence electrons. The molecular formula is C18H12N6O. The normalized spacial score (nSPS) is 10.5. The van der Waals surface area contributed by atoms with Crippen LogP contribution in [0.5, 0.6) is 6.01 Å². The molecule has 0 spiro atoms. The van der Waals surface area contributed by atoms with Gasteiger partial charge in [-0.05, 0) is 18.2 Å². The van der Waals surface area contributed by atoms with Gasteiger partial charge in [0.05, 0.1) is 17.2 Å². The number of imidazole rings is 1. The van der Waals surface area contributed by atoms with Crippen molar-refractivity contribution in [2.24, 2.45) is 0 Å². The molecule has 3 heterocycles. The Hall–Kier alpha value is -3.79. The third-order valence-corrected chi connectivity index (χ3v) is 3.64. The molecule has 0 radical (unpaired) electrons. The van der Waals surface area contributed by atoms with Gasteiger partial charge in [0.2, 0.25) is 0 Å². The predicted octanol–water partition coefficient (Wildman–Crippen LogP) is 2.66. The van der Waals surface area contributed by atoms with Crippen LogP contribution in [0.3, 0.4) is 0 Å². The molecule has 3 aromatic heterocycles. The first-order valence-corrected chi connectivity index (χ1v) is 7.56. The number of ether oxygens (including phenoxy) is 1. The molecule has 0 unspecified atom stereocenters. The van der Waals surface area contributed by atoms with E-state index >= 15 is 0 Å². The van der Waals surface area contributed by atoms with E-state index in [0.29, 0.717) is 18.0 Å². The van der Waals surface area contributed by atoms with E-state index in [0.717, 1.165) is 16.6 Å². The summed E-state index contributed by atoms with van der Waals surface area (Å²) < 4.78 is 7.39. The zero-order chi connectivity index (χ0) is 17.1. The van der Waals surface area contributed by atoms with Gasteiger partial charge >= 0.3 is 6.01 Å². The number of hydrogen-bond donors (Lipinski definition) is 0. The van der Waals surface area contributed by atoms with Crippen molar-refractivity contribution in [2.75, 3.05) is 0 Å². The first kappa shape index (κ1) is 14.8. The lowest BCUT2D eigenvalue weighted by Gasteiger charge is -2.08. The van der Waals surface area contributed by atoms with E-state index in [2.05, 4.69) is 26.0 Å². The van der Waals surface area contributed by atoms with Crippen molar-refractivity contribution in [2.45, 2.75) is 6.61 Å². The zero-order valence-corrected chi connectivity index (χ0v) is 13.1. The molecule has 0 aliphatic carbocycles. The lowest BCUT2D eigenvalue weighted by molar-refractivity contribution is 0.280. The summed E-state index contributed by atoms with van der Waals surface area (Å²) >= 11 is 0. The molecule has 0 N–H and O–H groups in total. The first-order valence-electron chi connectivity index (χ1n) is 7.56. The molecule has 0 aliphatic heterocycles. The van der Waals surface area contributed by atoms with Crippen molar-refractivity contribution < 1.29 is 4.74 Å². The van der Waals surface area contributed by atoms with Crippen LogP contribution in [0.25, 0.3) is 16.9 Å². The smallest absolute Gasteiger partial charge is 0.318 e. The Bertz CT molecular complexity index is 1070. The molecule has 0 fully saturated rings. The lowest BCUT2D eigenvalue weighted by atomic mass is 10.3. The van der Waals surface area contributed by atoms with Crippen molar-refractivity contribution in [3.8, 4) is 17.9 Å². The van der Waals surface area contributed by atoms with Crippen LogP contribution in [0.15, 0.2) is 61.3 Å². The monoisotopic (exact) mass is 328 g/mol. The van der Waals surface area contributed by atoms with Crippen molar-refractivity contribution in [1.82, 2.24) is 24.5 Å². The fraction of sp³-hybridized carbons (Fsp3) is 0.0556. The standard InChI is InChI=1S/C18H12N6O/c19-8-14-10-21-18(25-11-13-4-3-7-20-9-13)23-17(14)24-12-22-15-5-1-2-6-16(15)24/h1-7,9-10,12H,11H2. The van der Waals surface area contributed by atoms with Crippen LogP contribution in [0, 0.1) is 11.3 Å². The maximum atomic E-state index is 9.38. The molecule has 0 saturated heterocycles. The number of nitrogens with zero attached hydrogens (tertiary/aromatic N) is 6. The van der Waals surface area contributed by atoms with Crippen LogP contribution in [-0.2, 0) is 6.61 Å². The van der Waals surface area contributed by atoms with E-state index in [1.807, 2.05) is 36.4 Å². The third-order valence-electron chi connectivity index (χ3n) is 3.64. The summed E-state index contributed by atoms with van der Waals surface area (Å²) in [6, 6.07) is 13.7. The van der Waals surface area contributed by atoms with Gasteiger partial charge < -0.3 is 4.74 Å². The maximum absolute atomic E-state index is 9.38. The number of aromatic nitrogens is 5. The Kier molecular flexibility index (Phi) is 3.77. The number of nitriles is 1. The second-order valence-electron chi connectivity index (χ2n) is 5.25. The Labute approximate surface area is 143 Å². The number of pyridine rings is 1. The van der Waals surface area contributed by atoms with Gasteiger partial charge in [0.1, 0.15) is 24.6 Å². The van der Waals surface area contributed by atoms with Gasteiger partial charge in [0.25, 0.3) is 0 Å². The predicted molar refractivity (Wildman–Crippen MR) is 89.9 cm³/mol. The van der Waals surface area contributed by atoms with E-state index in [1.165, 1.54) is 6.20 Å². The van der Waals surface area contributed by atoms with Crippen LogP contribution < -0.4 is 4.74 Å². The summed E-state index contributed by atoms with van der Waals surface area (Å²) in [5.74, 6) is 0.437. The number of para-hydroxylation sites is 2. The van der Waals surface area contributed by atoms with Gasteiger partial charge in [-0.15, -0.1) is 0 Å². The minimum atomic E-state index is 0.190. The van der Waals surface area contributed by atoms with Gasteiger partial charge in [0.15, 0.2) is 5.82 Å². The van der Waals surface area contributed by atoms with Gasteiger partial charge in [-0.2, -0.15) is 10.2 Å². The molecule has 0 saturated carbocycles. The van der Waals surface area contributed by atoms with Crippen LogP contribution >= 0.6 is 0 Å². The third kappa shape index (κ3) is 2.88. The Balaban J connectivity index is 1.71. The molecule has 0 aliphatic rings. The summed E-state index contributed by atoms with van der Waals surface area (Å²) in [7, 11) is 0. The minimum absolute atomic E-state index is 0.190. The van der Waals surface area contributed by atoms with Crippen molar-refractivity contribution >= 4 is 11.0 Å².